The Morgan fingerprint density at radius 1 is 1.36 bits per heavy atom. The van der Waals surface area contributed by atoms with Gasteiger partial charge in [0, 0.05) is 17.7 Å². The van der Waals surface area contributed by atoms with Crippen molar-refractivity contribution in [3.8, 4) is 0 Å². The molecule has 1 atom stereocenters. The first-order valence-electron chi connectivity index (χ1n) is 4.44. The van der Waals surface area contributed by atoms with Crippen molar-refractivity contribution in [3.05, 3.63) is 41.5 Å². The molecule has 0 fully saturated rings. The van der Waals surface area contributed by atoms with Gasteiger partial charge in [-0.3, -0.25) is 0 Å². The van der Waals surface area contributed by atoms with Crippen LogP contribution in [0.15, 0.2) is 24.3 Å². The molecule has 3 heteroatoms. The van der Waals surface area contributed by atoms with Crippen LogP contribution in [0.3, 0.4) is 0 Å². The molecule has 0 saturated heterocycles. The van der Waals surface area contributed by atoms with Gasteiger partial charge in [0.2, 0.25) is 0 Å². The molecule has 0 aliphatic rings. The molecule has 0 aliphatic heterocycles. The molecular formula is C11H13F2N. The van der Waals surface area contributed by atoms with Crippen LogP contribution in [0.1, 0.15) is 12.5 Å². The molecule has 1 rings (SSSR count). The normalized spacial score (nSPS) is 13.4. The van der Waals surface area contributed by atoms with Crippen molar-refractivity contribution in [2.24, 2.45) is 0 Å². The summed E-state index contributed by atoms with van der Waals surface area (Å²) in [6.07, 6.45) is 3.45. The summed E-state index contributed by atoms with van der Waals surface area (Å²) in [6, 6.07) is 3.71. The van der Waals surface area contributed by atoms with Crippen molar-refractivity contribution in [2.75, 3.05) is 7.05 Å². The number of hydrogen-bond donors (Lipinski definition) is 1. The Labute approximate surface area is 82.4 Å². The van der Waals surface area contributed by atoms with Crippen LogP contribution in [0.25, 0.3) is 6.08 Å². The predicted molar refractivity (Wildman–Crippen MR) is 53.9 cm³/mol. The van der Waals surface area contributed by atoms with Crippen LogP contribution >= 0.6 is 0 Å². The first-order chi connectivity index (χ1) is 6.63. The highest BCUT2D eigenvalue weighted by molar-refractivity contribution is 5.50. The van der Waals surface area contributed by atoms with Gasteiger partial charge in [0.05, 0.1) is 0 Å². The molecule has 0 heterocycles. The molecule has 1 unspecified atom stereocenters. The number of nitrogens with one attached hydrogen (secondary N) is 1. The van der Waals surface area contributed by atoms with E-state index in [4.69, 9.17) is 0 Å². The summed E-state index contributed by atoms with van der Waals surface area (Å²) < 4.78 is 25.6. The van der Waals surface area contributed by atoms with Crippen molar-refractivity contribution in [3.63, 3.8) is 0 Å². The van der Waals surface area contributed by atoms with Gasteiger partial charge in [0.1, 0.15) is 11.6 Å². The fraction of sp³-hybridized carbons (Fsp3) is 0.273. The van der Waals surface area contributed by atoms with Gasteiger partial charge in [-0.15, -0.1) is 0 Å². The lowest BCUT2D eigenvalue weighted by Gasteiger charge is -2.02. The van der Waals surface area contributed by atoms with E-state index >= 15 is 0 Å². The fourth-order valence-corrected chi connectivity index (χ4v) is 0.981. The standard InChI is InChI=1S/C11H13F2N/c1-8(14-2)3-4-9-5-6-10(12)7-11(9)13/h3-8,14H,1-2H3. The van der Waals surface area contributed by atoms with E-state index in [0.29, 0.717) is 5.56 Å². The molecule has 0 aliphatic carbocycles. The molecule has 14 heavy (non-hydrogen) atoms. The molecule has 1 N–H and O–H groups in total. The van der Waals surface area contributed by atoms with E-state index in [1.54, 1.807) is 6.08 Å². The van der Waals surface area contributed by atoms with E-state index in [9.17, 15) is 8.78 Å². The van der Waals surface area contributed by atoms with Gasteiger partial charge < -0.3 is 5.32 Å². The van der Waals surface area contributed by atoms with Gasteiger partial charge in [0.25, 0.3) is 0 Å². The van der Waals surface area contributed by atoms with E-state index in [1.165, 1.54) is 12.1 Å². The van der Waals surface area contributed by atoms with Crippen molar-refractivity contribution >= 4 is 6.08 Å². The largest absolute Gasteiger partial charge is 0.314 e. The molecule has 0 spiro atoms. The molecule has 0 amide bonds. The van der Waals surface area contributed by atoms with E-state index < -0.39 is 11.6 Å². The van der Waals surface area contributed by atoms with Crippen LogP contribution in [-0.2, 0) is 0 Å². The Morgan fingerprint density at radius 2 is 2.07 bits per heavy atom. The Bertz CT molecular complexity index is 334. The van der Waals surface area contributed by atoms with Crippen molar-refractivity contribution in [1.82, 2.24) is 5.32 Å². The summed E-state index contributed by atoms with van der Waals surface area (Å²) in [5, 5.41) is 2.98. The van der Waals surface area contributed by atoms with Crippen LogP contribution in [-0.4, -0.2) is 13.1 Å². The summed E-state index contributed by atoms with van der Waals surface area (Å²) in [5.74, 6) is -1.09. The topological polar surface area (TPSA) is 12.0 Å². The highest BCUT2D eigenvalue weighted by Gasteiger charge is 2.00. The Morgan fingerprint density at radius 3 is 2.64 bits per heavy atom. The van der Waals surface area contributed by atoms with Crippen LogP contribution < -0.4 is 5.32 Å². The fourth-order valence-electron chi connectivity index (χ4n) is 0.981. The molecule has 1 aromatic carbocycles. The van der Waals surface area contributed by atoms with Crippen molar-refractivity contribution in [2.45, 2.75) is 13.0 Å². The zero-order chi connectivity index (χ0) is 10.6. The highest BCUT2D eigenvalue weighted by Crippen LogP contribution is 2.11. The SMILES string of the molecule is CNC(C)C=Cc1ccc(F)cc1F. The monoisotopic (exact) mass is 197 g/mol. The second-order valence-corrected chi connectivity index (χ2v) is 3.10. The van der Waals surface area contributed by atoms with Gasteiger partial charge in [-0.2, -0.15) is 0 Å². The lowest BCUT2D eigenvalue weighted by Crippen LogP contribution is -2.17. The van der Waals surface area contributed by atoms with E-state index in [1.807, 2.05) is 20.0 Å². The minimum absolute atomic E-state index is 0.166. The van der Waals surface area contributed by atoms with Gasteiger partial charge in [-0.1, -0.05) is 12.2 Å². The smallest absolute Gasteiger partial charge is 0.133 e. The summed E-state index contributed by atoms with van der Waals surface area (Å²) >= 11 is 0. The second-order valence-electron chi connectivity index (χ2n) is 3.10. The third-order valence-electron chi connectivity index (χ3n) is 1.98. The third kappa shape index (κ3) is 2.92. The lowest BCUT2D eigenvalue weighted by atomic mass is 10.1. The average molecular weight is 197 g/mol. The molecule has 1 aromatic rings. The minimum atomic E-state index is -0.554. The molecule has 0 saturated carbocycles. The molecule has 1 nitrogen and oxygen atoms in total. The van der Waals surface area contributed by atoms with Crippen LogP contribution in [0.4, 0.5) is 8.78 Å². The summed E-state index contributed by atoms with van der Waals surface area (Å²) in [6.45, 7) is 1.94. The van der Waals surface area contributed by atoms with Gasteiger partial charge in [-0.05, 0) is 26.1 Å². The van der Waals surface area contributed by atoms with Crippen LogP contribution in [0, 0.1) is 11.6 Å². The highest BCUT2D eigenvalue weighted by atomic mass is 19.1. The van der Waals surface area contributed by atoms with Gasteiger partial charge in [0.15, 0.2) is 0 Å². The number of rotatable bonds is 3. The van der Waals surface area contributed by atoms with Gasteiger partial charge in [-0.25, -0.2) is 8.78 Å². The molecule has 76 valence electrons. The summed E-state index contributed by atoms with van der Waals surface area (Å²) in [4.78, 5) is 0. The predicted octanol–water partition coefficient (Wildman–Crippen LogP) is 2.59. The second kappa shape index (κ2) is 4.86. The Kier molecular flexibility index (Phi) is 3.77. The van der Waals surface area contributed by atoms with E-state index in [0.717, 1.165) is 6.07 Å². The van der Waals surface area contributed by atoms with Crippen LogP contribution in [0.2, 0.25) is 0 Å². The summed E-state index contributed by atoms with van der Waals surface area (Å²) in [5.41, 5.74) is 0.397. The zero-order valence-corrected chi connectivity index (χ0v) is 8.22. The first kappa shape index (κ1) is 10.9. The lowest BCUT2D eigenvalue weighted by molar-refractivity contribution is 0.581. The third-order valence-corrected chi connectivity index (χ3v) is 1.98. The minimum Gasteiger partial charge on any atom is -0.314 e. The van der Waals surface area contributed by atoms with Crippen LogP contribution in [0.5, 0.6) is 0 Å². The van der Waals surface area contributed by atoms with Crippen molar-refractivity contribution < 1.29 is 8.78 Å². The summed E-state index contributed by atoms with van der Waals surface area (Å²) in [7, 11) is 1.82. The molecular weight excluding hydrogens is 184 g/mol. The maximum Gasteiger partial charge on any atom is 0.133 e. The van der Waals surface area contributed by atoms with Crippen molar-refractivity contribution in [1.29, 1.82) is 0 Å². The molecule has 0 radical (unpaired) electrons. The number of halogens is 2. The number of hydrogen-bond acceptors (Lipinski definition) is 1. The van der Waals surface area contributed by atoms with Gasteiger partial charge >= 0.3 is 0 Å². The molecule has 0 aromatic heterocycles. The quantitative estimate of drug-likeness (QED) is 0.785. The first-order valence-corrected chi connectivity index (χ1v) is 4.44. The maximum absolute atomic E-state index is 13.1. The zero-order valence-electron chi connectivity index (χ0n) is 8.22. The average Bonchev–Trinajstić information content (AvgIpc) is 2.16. The maximum atomic E-state index is 13.1. The number of likely N-dealkylation sites (N-methyl/N-ethyl adjacent to an activating group) is 1. The Balaban J connectivity index is 2.82. The van der Waals surface area contributed by atoms with E-state index in [-0.39, 0.29) is 6.04 Å². The van der Waals surface area contributed by atoms with E-state index in [2.05, 4.69) is 5.32 Å². The molecule has 0 bridgehead atoms. The Hall–Kier alpha value is -1.22. The number of benzene rings is 1.